The lowest BCUT2D eigenvalue weighted by molar-refractivity contribution is 0.0805. The van der Waals surface area contributed by atoms with Gasteiger partial charge in [-0.2, -0.15) is 0 Å². The molecule has 0 aromatic heterocycles. The molecule has 3 heteroatoms. The van der Waals surface area contributed by atoms with E-state index in [1.54, 1.807) is 0 Å². The number of hydrogen-bond donors (Lipinski definition) is 1. The number of nitrogens with zero attached hydrogens (tertiary/aromatic N) is 2. The van der Waals surface area contributed by atoms with Gasteiger partial charge in [0.05, 0.1) is 0 Å². The summed E-state index contributed by atoms with van der Waals surface area (Å²) in [6, 6.07) is 1.40. The van der Waals surface area contributed by atoms with Crippen LogP contribution >= 0.6 is 0 Å². The van der Waals surface area contributed by atoms with E-state index < -0.39 is 0 Å². The standard InChI is InChI=1S/C18H39N3/c1-7-8-16-9-10-17(19-4)18(13-16)21(14-15(2)3)12-11-20(5)6/h15-19H,7-14H2,1-6H3. The van der Waals surface area contributed by atoms with E-state index in [0.717, 1.165) is 24.4 Å². The molecule has 1 aliphatic rings. The quantitative estimate of drug-likeness (QED) is 0.705. The van der Waals surface area contributed by atoms with Crippen LogP contribution in [0.2, 0.25) is 0 Å². The number of likely N-dealkylation sites (N-methyl/N-ethyl adjacent to an activating group) is 2. The van der Waals surface area contributed by atoms with Gasteiger partial charge in [0.15, 0.2) is 0 Å². The molecule has 1 aliphatic carbocycles. The molecule has 126 valence electrons. The van der Waals surface area contributed by atoms with Gasteiger partial charge >= 0.3 is 0 Å². The second-order valence-corrected chi connectivity index (χ2v) is 7.62. The van der Waals surface area contributed by atoms with Gasteiger partial charge in [-0.25, -0.2) is 0 Å². The van der Waals surface area contributed by atoms with Crippen molar-refractivity contribution in [1.29, 1.82) is 0 Å². The zero-order valence-corrected chi connectivity index (χ0v) is 15.4. The van der Waals surface area contributed by atoms with E-state index >= 15 is 0 Å². The number of rotatable bonds is 9. The molecule has 3 unspecified atom stereocenters. The van der Waals surface area contributed by atoms with E-state index in [9.17, 15) is 0 Å². The van der Waals surface area contributed by atoms with Crippen LogP contribution in [-0.4, -0.2) is 62.7 Å². The van der Waals surface area contributed by atoms with Crippen LogP contribution in [0.25, 0.3) is 0 Å². The Labute approximate surface area is 133 Å². The first-order valence-electron chi connectivity index (χ1n) is 9.03. The van der Waals surface area contributed by atoms with E-state index in [1.807, 2.05) is 0 Å². The lowest BCUT2D eigenvalue weighted by Gasteiger charge is -2.44. The summed E-state index contributed by atoms with van der Waals surface area (Å²) in [6.07, 6.45) is 6.90. The molecule has 0 heterocycles. The molecule has 1 fully saturated rings. The smallest absolute Gasteiger partial charge is 0.0252 e. The summed E-state index contributed by atoms with van der Waals surface area (Å²) in [6.45, 7) is 10.6. The van der Waals surface area contributed by atoms with Gasteiger partial charge in [0.1, 0.15) is 0 Å². The Hall–Kier alpha value is -0.120. The van der Waals surface area contributed by atoms with Crippen molar-refractivity contribution in [3.05, 3.63) is 0 Å². The van der Waals surface area contributed by atoms with Gasteiger partial charge in [0.25, 0.3) is 0 Å². The highest BCUT2D eigenvalue weighted by Gasteiger charge is 2.33. The summed E-state index contributed by atoms with van der Waals surface area (Å²) in [7, 11) is 6.52. The van der Waals surface area contributed by atoms with Crippen LogP contribution in [0.1, 0.15) is 52.9 Å². The Morgan fingerprint density at radius 3 is 2.38 bits per heavy atom. The van der Waals surface area contributed by atoms with Crippen LogP contribution in [0.5, 0.6) is 0 Å². The molecule has 0 aromatic rings. The molecular weight excluding hydrogens is 258 g/mol. The van der Waals surface area contributed by atoms with E-state index in [1.165, 1.54) is 45.2 Å². The van der Waals surface area contributed by atoms with Crippen LogP contribution in [0, 0.1) is 11.8 Å². The zero-order chi connectivity index (χ0) is 15.8. The van der Waals surface area contributed by atoms with E-state index in [4.69, 9.17) is 0 Å². The Balaban J connectivity index is 2.72. The summed E-state index contributed by atoms with van der Waals surface area (Å²) in [4.78, 5) is 5.09. The van der Waals surface area contributed by atoms with Gasteiger partial charge in [-0.3, -0.25) is 4.90 Å². The normalized spacial score (nSPS) is 27.0. The first kappa shape index (κ1) is 18.9. The predicted molar refractivity (Wildman–Crippen MR) is 93.8 cm³/mol. The van der Waals surface area contributed by atoms with Crippen molar-refractivity contribution in [2.45, 2.75) is 65.0 Å². The average Bonchev–Trinajstić information content (AvgIpc) is 2.43. The maximum atomic E-state index is 3.60. The zero-order valence-electron chi connectivity index (χ0n) is 15.4. The Kier molecular flexibility index (Phi) is 8.84. The van der Waals surface area contributed by atoms with Gasteiger partial charge in [-0.1, -0.05) is 33.6 Å². The molecule has 1 saturated carbocycles. The monoisotopic (exact) mass is 297 g/mol. The molecule has 0 radical (unpaired) electrons. The van der Waals surface area contributed by atoms with Crippen LogP contribution in [0.3, 0.4) is 0 Å². The van der Waals surface area contributed by atoms with Crippen LogP contribution in [-0.2, 0) is 0 Å². The fourth-order valence-electron chi connectivity index (χ4n) is 3.83. The lowest BCUT2D eigenvalue weighted by atomic mass is 9.79. The molecule has 0 bridgehead atoms. The van der Waals surface area contributed by atoms with Crippen LogP contribution in [0.4, 0.5) is 0 Å². The maximum absolute atomic E-state index is 3.60. The minimum atomic E-state index is 0.680. The third kappa shape index (κ3) is 6.66. The second-order valence-electron chi connectivity index (χ2n) is 7.62. The molecule has 3 nitrogen and oxygen atoms in total. The van der Waals surface area contributed by atoms with Gasteiger partial charge < -0.3 is 10.2 Å². The van der Waals surface area contributed by atoms with E-state index in [2.05, 4.69) is 57.0 Å². The molecule has 1 rings (SSSR count). The van der Waals surface area contributed by atoms with Gasteiger partial charge in [0, 0.05) is 31.7 Å². The van der Waals surface area contributed by atoms with Crippen molar-refractivity contribution in [1.82, 2.24) is 15.1 Å². The summed E-state index contributed by atoms with van der Waals surface area (Å²) in [5, 5.41) is 3.60. The van der Waals surface area contributed by atoms with Crippen LogP contribution < -0.4 is 5.32 Å². The third-order valence-electron chi connectivity index (χ3n) is 4.90. The van der Waals surface area contributed by atoms with E-state index in [-0.39, 0.29) is 0 Å². The lowest BCUT2D eigenvalue weighted by Crippen LogP contribution is -2.54. The molecule has 0 aromatic carbocycles. The Morgan fingerprint density at radius 1 is 1.14 bits per heavy atom. The van der Waals surface area contributed by atoms with Crippen molar-refractivity contribution in [2.75, 3.05) is 40.8 Å². The van der Waals surface area contributed by atoms with Gasteiger partial charge in [-0.15, -0.1) is 0 Å². The fraction of sp³-hybridized carbons (Fsp3) is 1.00. The highest BCUT2D eigenvalue weighted by Crippen LogP contribution is 2.31. The Bertz CT molecular complexity index is 265. The number of nitrogens with one attached hydrogen (secondary N) is 1. The predicted octanol–water partition coefficient (Wildman–Crippen LogP) is 3.06. The van der Waals surface area contributed by atoms with Crippen LogP contribution in [0.15, 0.2) is 0 Å². The largest absolute Gasteiger partial charge is 0.315 e. The maximum Gasteiger partial charge on any atom is 0.0252 e. The van der Waals surface area contributed by atoms with Crippen molar-refractivity contribution in [3.8, 4) is 0 Å². The SMILES string of the molecule is CCCC1CCC(NC)C(N(CCN(C)C)CC(C)C)C1. The van der Waals surface area contributed by atoms with E-state index in [0.29, 0.717) is 6.04 Å². The van der Waals surface area contributed by atoms with Crippen molar-refractivity contribution in [3.63, 3.8) is 0 Å². The van der Waals surface area contributed by atoms with Gasteiger partial charge in [0.2, 0.25) is 0 Å². The average molecular weight is 298 g/mol. The van der Waals surface area contributed by atoms with Crippen molar-refractivity contribution in [2.24, 2.45) is 11.8 Å². The van der Waals surface area contributed by atoms with Gasteiger partial charge in [-0.05, 0) is 52.2 Å². The highest BCUT2D eigenvalue weighted by atomic mass is 15.2. The number of hydrogen-bond acceptors (Lipinski definition) is 3. The summed E-state index contributed by atoms with van der Waals surface area (Å²) in [5.41, 5.74) is 0. The minimum absolute atomic E-state index is 0.680. The molecular formula is C18H39N3. The molecule has 21 heavy (non-hydrogen) atoms. The highest BCUT2D eigenvalue weighted by molar-refractivity contribution is 4.91. The summed E-state index contributed by atoms with van der Waals surface area (Å²) < 4.78 is 0. The summed E-state index contributed by atoms with van der Waals surface area (Å²) in [5.74, 6) is 1.69. The second kappa shape index (κ2) is 9.81. The molecule has 3 atom stereocenters. The fourth-order valence-corrected chi connectivity index (χ4v) is 3.83. The van der Waals surface area contributed by atoms with Crippen molar-refractivity contribution >= 4 is 0 Å². The first-order chi connectivity index (χ1) is 9.97. The molecule has 0 amide bonds. The topological polar surface area (TPSA) is 18.5 Å². The molecule has 0 spiro atoms. The van der Waals surface area contributed by atoms with Crippen molar-refractivity contribution < 1.29 is 0 Å². The third-order valence-corrected chi connectivity index (χ3v) is 4.90. The first-order valence-corrected chi connectivity index (χ1v) is 9.03. The molecule has 0 saturated heterocycles. The summed E-state index contributed by atoms with van der Waals surface area (Å²) >= 11 is 0. The molecule has 0 aliphatic heterocycles. The minimum Gasteiger partial charge on any atom is -0.315 e. The molecule has 1 N–H and O–H groups in total. The Morgan fingerprint density at radius 2 is 1.86 bits per heavy atom.